The second-order valence-electron chi connectivity index (χ2n) is 4.21. The highest BCUT2D eigenvalue weighted by molar-refractivity contribution is 6.00. The summed E-state index contributed by atoms with van der Waals surface area (Å²) in [5.41, 5.74) is 1.18. The standard InChI is InChI=1S/C14H16N2O4/c1-4-10-9-15(13(17)19-2)11-7-5-6-8-12(11)16(10)14(18)20-3/h4-8,10H,1,9H2,2-3H3. The molecule has 0 saturated carbocycles. The van der Waals surface area contributed by atoms with Crippen LogP contribution in [0.2, 0.25) is 0 Å². The maximum absolute atomic E-state index is 12.0. The molecule has 0 aromatic heterocycles. The lowest BCUT2D eigenvalue weighted by Gasteiger charge is -2.39. The average Bonchev–Trinajstić information content (AvgIpc) is 2.51. The molecule has 1 aliphatic rings. The first-order chi connectivity index (χ1) is 9.63. The summed E-state index contributed by atoms with van der Waals surface area (Å²) in [6.45, 7) is 3.98. The van der Waals surface area contributed by atoms with E-state index in [-0.39, 0.29) is 12.6 Å². The highest BCUT2D eigenvalue weighted by Crippen LogP contribution is 2.36. The van der Waals surface area contributed by atoms with Crippen LogP contribution in [0, 0.1) is 0 Å². The molecule has 0 radical (unpaired) electrons. The molecular formula is C14H16N2O4. The van der Waals surface area contributed by atoms with Crippen molar-refractivity contribution in [1.29, 1.82) is 0 Å². The fourth-order valence-electron chi connectivity index (χ4n) is 2.24. The van der Waals surface area contributed by atoms with E-state index < -0.39 is 12.2 Å². The molecule has 1 heterocycles. The summed E-state index contributed by atoms with van der Waals surface area (Å²) in [6.07, 6.45) is 0.628. The second-order valence-corrected chi connectivity index (χ2v) is 4.21. The van der Waals surface area contributed by atoms with Gasteiger partial charge in [0.05, 0.1) is 38.2 Å². The molecule has 0 spiro atoms. The number of para-hydroxylation sites is 2. The quantitative estimate of drug-likeness (QED) is 0.739. The van der Waals surface area contributed by atoms with Crippen molar-refractivity contribution < 1.29 is 19.1 Å². The van der Waals surface area contributed by atoms with Crippen LogP contribution in [-0.4, -0.2) is 39.0 Å². The second kappa shape index (κ2) is 5.64. The highest BCUT2D eigenvalue weighted by atomic mass is 16.5. The van der Waals surface area contributed by atoms with Gasteiger partial charge in [-0.1, -0.05) is 18.2 Å². The lowest BCUT2D eigenvalue weighted by atomic mass is 10.1. The van der Waals surface area contributed by atoms with Gasteiger partial charge in [-0.25, -0.2) is 9.59 Å². The molecule has 0 N–H and O–H groups in total. The van der Waals surface area contributed by atoms with Crippen molar-refractivity contribution in [2.24, 2.45) is 0 Å². The first-order valence-corrected chi connectivity index (χ1v) is 6.08. The van der Waals surface area contributed by atoms with Gasteiger partial charge in [0.15, 0.2) is 0 Å². The van der Waals surface area contributed by atoms with Gasteiger partial charge in [0, 0.05) is 0 Å². The maximum atomic E-state index is 12.0. The number of ether oxygens (including phenoxy) is 2. The molecule has 1 atom stereocenters. The van der Waals surface area contributed by atoms with Crippen LogP contribution >= 0.6 is 0 Å². The number of hydrogen-bond donors (Lipinski definition) is 0. The fraction of sp³-hybridized carbons (Fsp3) is 0.286. The van der Waals surface area contributed by atoms with Gasteiger partial charge in [-0.3, -0.25) is 9.80 Å². The minimum absolute atomic E-state index is 0.266. The van der Waals surface area contributed by atoms with Gasteiger partial charge in [-0.15, -0.1) is 6.58 Å². The van der Waals surface area contributed by atoms with Gasteiger partial charge in [-0.05, 0) is 12.1 Å². The van der Waals surface area contributed by atoms with E-state index in [1.165, 1.54) is 24.0 Å². The Bertz CT molecular complexity index is 544. The maximum Gasteiger partial charge on any atom is 0.414 e. The van der Waals surface area contributed by atoms with Crippen LogP contribution in [0.1, 0.15) is 0 Å². The third-order valence-corrected chi connectivity index (χ3v) is 3.17. The Morgan fingerprint density at radius 3 is 2.35 bits per heavy atom. The number of carbonyl (C=O) groups excluding carboxylic acids is 2. The SMILES string of the molecule is C=CC1CN(C(=O)OC)c2ccccc2N1C(=O)OC. The number of nitrogens with zero attached hydrogens (tertiary/aromatic N) is 2. The van der Waals surface area contributed by atoms with Crippen LogP contribution in [0.15, 0.2) is 36.9 Å². The van der Waals surface area contributed by atoms with Crippen LogP contribution in [0.3, 0.4) is 0 Å². The van der Waals surface area contributed by atoms with Crippen molar-refractivity contribution in [1.82, 2.24) is 0 Å². The molecule has 6 nitrogen and oxygen atoms in total. The van der Waals surface area contributed by atoms with Crippen molar-refractivity contribution in [3.63, 3.8) is 0 Å². The number of rotatable bonds is 1. The number of anilines is 2. The summed E-state index contributed by atoms with van der Waals surface area (Å²) in [4.78, 5) is 26.8. The van der Waals surface area contributed by atoms with E-state index in [0.29, 0.717) is 11.4 Å². The summed E-state index contributed by atoms with van der Waals surface area (Å²) in [7, 11) is 2.64. The smallest absolute Gasteiger partial charge is 0.414 e. The summed E-state index contributed by atoms with van der Waals surface area (Å²) >= 11 is 0. The van der Waals surface area contributed by atoms with Crippen LogP contribution in [0.4, 0.5) is 21.0 Å². The lowest BCUT2D eigenvalue weighted by Crippen LogP contribution is -2.52. The Kier molecular flexibility index (Phi) is 3.93. The molecule has 106 valence electrons. The zero-order chi connectivity index (χ0) is 14.7. The molecule has 20 heavy (non-hydrogen) atoms. The van der Waals surface area contributed by atoms with Gasteiger partial charge < -0.3 is 9.47 Å². The number of methoxy groups -OCH3 is 2. The van der Waals surface area contributed by atoms with Crippen molar-refractivity contribution in [2.75, 3.05) is 30.6 Å². The van der Waals surface area contributed by atoms with E-state index in [9.17, 15) is 9.59 Å². The van der Waals surface area contributed by atoms with Crippen LogP contribution in [0.5, 0.6) is 0 Å². The molecule has 1 aromatic rings. The van der Waals surface area contributed by atoms with Crippen LogP contribution in [-0.2, 0) is 9.47 Å². The van der Waals surface area contributed by atoms with Crippen molar-refractivity contribution in [2.45, 2.75) is 6.04 Å². The highest BCUT2D eigenvalue weighted by Gasteiger charge is 2.36. The molecule has 1 unspecified atom stereocenters. The van der Waals surface area contributed by atoms with E-state index in [1.807, 2.05) is 0 Å². The Morgan fingerprint density at radius 1 is 1.20 bits per heavy atom. The predicted octanol–water partition coefficient (Wildman–Crippen LogP) is 2.40. The minimum atomic E-state index is -0.494. The van der Waals surface area contributed by atoms with E-state index >= 15 is 0 Å². The fourth-order valence-corrected chi connectivity index (χ4v) is 2.24. The largest absolute Gasteiger partial charge is 0.452 e. The normalized spacial score (nSPS) is 17.2. The summed E-state index contributed by atoms with van der Waals surface area (Å²) in [5.74, 6) is 0. The van der Waals surface area contributed by atoms with Gasteiger partial charge >= 0.3 is 12.2 Å². The Balaban J connectivity index is 2.53. The third-order valence-electron chi connectivity index (χ3n) is 3.17. The van der Waals surface area contributed by atoms with Crippen molar-refractivity contribution in [3.05, 3.63) is 36.9 Å². The monoisotopic (exact) mass is 276 g/mol. The molecule has 0 saturated heterocycles. The first kappa shape index (κ1) is 13.9. The predicted molar refractivity (Wildman–Crippen MR) is 75.1 cm³/mol. The first-order valence-electron chi connectivity index (χ1n) is 6.08. The topological polar surface area (TPSA) is 59.1 Å². The molecule has 1 aliphatic heterocycles. The number of hydrogen-bond acceptors (Lipinski definition) is 4. The van der Waals surface area contributed by atoms with E-state index in [4.69, 9.17) is 9.47 Å². The minimum Gasteiger partial charge on any atom is -0.452 e. The zero-order valence-corrected chi connectivity index (χ0v) is 11.4. The summed E-state index contributed by atoms with van der Waals surface area (Å²) in [5, 5.41) is 0. The molecule has 2 rings (SSSR count). The zero-order valence-electron chi connectivity index (χ0n) is 11.4. The summed E-state index contributed by atoms with van der Waals surface area (Å²) in [6, 6.07) is 6.70. The van der Waals surface area contributed by atoms with Gasteiger partial charge in [0.25, 0.3) is 0 Å². The number of amides is 2. The van der Waals surface area contributed by atoms with E-state index in [0.717, 1.165) is 0 Å². The van der Waals surface area contributed by atoms with E-state index in [1.54, 1.807) is 30.3 Å². The average molecular weight is 276 g/mol. The lowest BCUT2D eigenvalue weighted by molar-refractivity contribution is 0.172. The third kappa shape index (κ3) is 2.20. The Labute approximate surface area is 117 Å². The van der Waals surface area contributed by atoms with Crippen molar-refractivity contribution >= 4 is 23.6 Å². The van der Waals surface area contributed by atoms with Crippen LogP contribution in [0.25, 0.3) is 0 Å². The molecular weight excluding hydrogens is 260 g/mol. The van der Waals surface area contributed by atoms with Gasteiger partial charge in [0.1, 0.15) is 0 Å². The molecule has 0 fully saturated rings. The molecule has 0 aliphatic carbocycles. The summed E-state index contributed by atoms with van der Waals surface area (Å²) < 4.78 is 9.58. The molecule has 6 heteroatoms. The number of fused-ring (bicyclic) bond motifs is 1. The number of carbonyl (C=O) groups is 2. The molecule has 2 amide bonds. The Hall–Kier alpha value is -2.50. The molecule has 1 aromatic carbocycles. The Morgan fingerprint density at radius 2 is 1.80 bits per heavy atom. The van der Waals surface area contributed by atoms with Crippen LogP contribution < -0.4 is 9.80 Å². The van der Waals surface area contributed by atoms with Gasteiger partial charge in [0.2, 0.25) is 0 Å². The van der Waals surface area contributed by atoms with E-state index in [2.05, 4.69) is 6.58 Å². The number of benzene rings is 1. The van der Waals surface area contributed by atoms with Gasteiger partial charge in [-0.2, -0.15) is 0 Å². The van der Waals surface area contributed by atoms with Crippen molar-refractivity contribution in [3.8, 4) is 0 Å². The molecule has 0 bridgehead atoms.